The average Bonchev–Trinajstić information content (AvgIpc) is 3.20. The first kappa shape index (κ1) is 19.4. The molecule has 1 aliphatic heterocycles. The van der Waals surface area contributed by atoms with Crippen molar-refractivity contribution < 1.29 is 14.3 Å². The zero-order valence-corrected chi connectivity index (χ0v) is 16.1. The van der Waals surface area contributed by atoms with Gasteiger partial charge < -0.3 is 14.8 Å². The van der Waals surface area contributed by atoms with Crippen molar-refractivity contribution >= 4 is 11.6 Å². The molecule has 5 heteroatoms. The Balaban J connectivity index is 1.47. The molecule has 144 valence electrons. The predicted molar refractivity (Wildman–Crippen MR) is 107 cm³/mol. The van der Waals surface area contributed by atoms with Gasteiger partial charge in [-0.3, -0.25) is 9.69 Å². The van der Waals surface area contributed by atoms with Crippen LogP contribution < -0.4 is 10.1 Å². The summed E-state index contributed by atoms with van der Waals surface area (Å²) in [6.45, 7) is 4.05. The highest BCUT2D eigenvalue weighted by Gasteiger charge is 2.23. The highest BCUT2D eigenvalue weighted by atomic mass is 16.5. The minimum absolute atomic E-state index is 0.0200. The van der Waals surface area contributed by atoms with E-state index < -0.39 is 0 Å². The van der Waals surface area contributed by atoms with Crippen LogP contribution in [0.4, 0.5) is 5.69 Å². The van der Waals surface area contributed by atoms with Crippen LogP contribution in [-0.4, -0.2) is 43.2 Å². The molecule has 0 bridgehead atoms. The minimum atomic E-state index is -0.219. The molecule has 2 aromatic carbocycles. The van der Waals surface area contributed by atoms with Crippen LogP contribution in [0.15, 0.2) is 54.6 Å². The van der Waals surface area contributed by atoms with E-state index in [1.165, 1.54) is 0 Å². The minimum Gasteiger partial charge on any atom is -0.489 e. The van der Waals surface area contributed by atoms with Gasteiger partial charge >= 0.3 is 0 Å². The Bertz CT molecular complexity index is 712. The molecule has 3 rings (SSSR count). The number of carbonyl (C=O) groups excluding carboxylic acids is 1. The number of hydrogen-bond donors (Lipinski definition) is 1. The molecular formula is C22H28N2O3. The number of hydrogen-bond acceptors (Lipinski definition) is 4. The van der Waals surface area contributed by atoms with Crippen LogP contribution in [0.5, 0.6) is 5.75 Å². The average molecular weight is 368 g/mol. The number of likely N-dealkylation sites (N-methyl/N-ethyl adjacent to an activating group) is 1. The van der Waals surface area contributed by atoms with Crippen LogP contribution in [0.2, 0.25) is 0 Å². The lowest BCUT2D eigenvalue weighted by Crippen LogP contribution is -2.43. The van der Waals surface area contributed by atoms with Gasteiger partial charge in [-0.15, -0.1) is 0 Å². The highest BCUT2D eigenvalue weighted by Crippen LogP contribution is 2.18. The maximum absolute atomic E-state index is 12.5. The van der Waals surface area contributed by atoms with Crippen LogP contribution in [0, 0.1) is 0 Å². The van der Waals surface area contributed by atoms with Gasteiger partial charge in [-0.25, -0.2) is 0 Å². The number of ether oxygens (including phenoxy) is 2. The van der Waals surface area contributed by atoms with Crippen molar-refractivity contribution in [2.45, 2.75) is 38.5 Å². The van der Waals surface area contributed by atoms with Gasteiger partial charge in [-0.2, -0.15) is 0 Å². The fourth-order valence-corrected chi connectivity index (χ4v) is 3.09. The smallest absolute Gasteiger partial charge is 0.241 e. The Kier molecular flexibility index (Phi) is 6.85. The van der Waals surface area contributed by atoms with Crippen molar-refractivity contribution in [3.05, 3.63) is 60.2 Å². The maximum Gasteiger partial charge on any atom is 0.241 e. The molecule has 1 aliphatic rings. The van der Waals surface area contributed by atoms with E-state index in [1.807, 2.05) is 73.5 Å². The third kappa shape index (κ3) is 5.81. The fraction of sp³-hybridized carbons (Fsp3) is 0.409. The molecule has 1 N–H and O–H groups in total. The summed E-state index contributed by atoms with van der Waals surface area (Å²) in [6, 6.07) is 17.3. The van der Waals surface area contributed by atoms with Crippen LogP contribution in [0.1, 0.15) is 25.3 Å². The zero-order valence-electron chi connectivity index (χ0n) is 16.1. The Morgan fingerprint density at radius 2 is 1.96 bits per heavy atom. The molecule has 0 aromatic heterocycles. The Hall–Kier alpha value is -2.37. The molecule has 2 unspecified atom stereocenters. The van der Waals surface area contributed by atoms with E-state index in [1.54, 1.807) is 0 Å². The van der Waals surface area contributed by atoms with Gasteiger partial charge in [-0.1, -0.05) is 30.3 Å². The van der Waals surface area contributed by atoms with Gasteiger partial charge in [0.2, 0.25) is 5.91 Å². The predicted octanol–water partition coefficient (Wildman–Crippen LogP) is 3.70. The monoisotopic (exact) mass is 368 g/mol. The van der Waals surface area contributed by atoms with E-state index in [-0.39, 0.29) is 18.1 Å². The lowest BCUT2D eigenvalue weighted by atomic mass is 10.2. The topological polar surface area (TPSA) is 50.8 Å². The normalized spacial score (nSPS) is 17.7. The van der Waals surface area contributed by atoms with E-state index >= 15 is 0 Å². The summed E-state index contributed by atoms with van der Waals surface area (Å²) >= 11 is 0. The van der Waals surface area contributed by atoms with Gasteiger partial charge in [0.1, 0.15) is 12.4 Å². The van der Waals surface area contributed by atoms with Gasteiger partial charge in [0.05, 0.1) is 12.1 Å². The molecule has 1 fully saturated rings. The van der Waals surface area contributed by atoms with E-state index in [4.69, 9.17) is 9.47 Å². The first-order chi connectivity index (χ1) is 13.1. The molecule has 0 radical (unpaired) electrons. The Labute approximate surface area is 161 Å². The quantitative estimate of drug-likeness (QED) is 0.772. The first-order valence-electron chi connectivity index (χ1n) is 9.51. The van der Waals surface area contributed by atoms with Crippen LogP contribution in [0.25, 0.3) is 0 Å². The summed E-state index contributed by atoms with van der Waals surface area (Å²) < 4.78 is 11.4. The summed E-state index contributed by atoms with van der Waals surface area (Å²) in [7, 11) is 1.96. The lowest BCUT2D eigenvalue weighted by Gasteiger charge is -2.26. The second-order valence-electron chi connectivity index (χ2n) is 7.04. The third-order valence-electron chi connectivity index (χ3n) is 4.93. The number of carbonyl (C=O) groups is 1. The number of anilines is 1. The lowest BCUT2D eigenvalue weighted by molar-refractivity contribution is -0.120. The Morgan fingerprint density at radius 3 is 2.63 bits per heavy atom. The van der Waals surface area contributed by atoms with E-state index in [0.29, 0.717) is 6.61 Å². The molecule has 2 aromatic rings. The number of amides is 1. The Morgan fingerprint density at radius 1 is 1.22 bits per heavy atom. The summed E-state index contributed by atoms with van der Waals surface area (Å²) in [6.07, 6.45) is 2.42. The van der Waals surface area contributed by atoms with Crippen molar-refractivity contribution in [1.29, 1.82) is 0 Å². The molecule has 1 saturated heterocycles. The fourth-order valence-electron chi connectivity index (χ4n) is 3.09. The largest absolute Gasteiger partial charge is 0.489 e. The second kappa shape index (κ2) is 9.53. The molecule has 0 aliphatic carbocycles. The highest BCUT2D eigenvalue weighted by molar-refractivity contribution is 5.94. The van der Waals surface area contributed by atoms with E-state index in [0.717, 1.165) is 43.0 Å². The molecule has 1 heterocycles. The molecule has 5 nitrogen and oxygen atoms in total. The molecular weight excluding hydrogens is 340 g/mol. The summed E-state index contributed by atoms with van der Waals surface area (Å²) in [5, 5.41) is 2.97. The van der Waals surface area contributed by atoms with Crippen molar-refractivity contribution in [2.75, 3.05) is 25.5 Å². The standard InChI is InChI=1S/C22H28N2O3/c1-17(24(2)15-21-9-6-14-26-21)22(25)23-19-10-12-20(13-11-19)27-16-18-7-4-3-5-8-18/h3-5,7-8,10-13,17,21H,6,9,14-16H2,1-2H3,(H,23,25). The zero-order chi connectivity index (χ0) is 19.1. The van der Waals surface area contributed by atoms with Gasteiger partial charge in [-0.05, 0) is 56.6 Å². The van der Waals surface area contributed by atoms with Crippen LogP contribution >= 0.6 is 0 Å². The number of benzene rings is 2. The summed E-state index contributed by atoms with van der Waals surface area (Å²) in [5.41, 5.74) is 1.89. The van der Waals surface area contributed by atoms with Gasteiger partial charge in [0, 0.05) is 18.8 Å². The second-order valence-corrected chi connectivity index (χ2v) is 7.04. The molecule has 0 saturated carbocycles. The van der Waals surface area contributed by atoms with Crippen molar-refractivity contribution in [2.24, 2.45) is 0 Å². The van der Waals surface area contributed by atoms with E-state index in [2.05, 4.69) is 5.32 Å². The van der Waals surface area contributed by atoms with Crippen molar-refractivity contribution in [1.82, 2.24) is 4.90 Å². The molecule has 2 atom stereocenters. The van der Waals surface area contributed by atoms with E-state index in [9.17, 15) is 4.79 Å². The van der Waals surface area contributed by atoms with Crippen molar-refractivity contribution in [3.63, 3.8) is 0 Å². The van der Waals surface area contributed by atoms with Crippen LogP contribution in [-0.2, 0) is 16.1 Å². The summed E-state index contributed by atoms with van der Waals surface area (Å²) in [4.78, 5) is 14.5. The SMILES string of the molecule is CC(C(=O)Nc1ccc(OCc2ccccc2)cc1)N(C)CC1CCCO1. The molecule has 1 amide bonds. The van der Waals surface area contributed by atoms with Gasteiger partial charge in [0.15, 0.2) is 0 Å². The molecule has 0 spiro atoms. The molecule has 27 heavy (non-hydrogen) atoms. The van der Waals surface area contributed by atoms with Gasteiger partial charge in [0.25, 0.3) is 0 Å². The first-order valence-corrected chi connectivity index (χ1v) is 9.51. The third-order valence-corrected chi connectivity index (χ3v) is 4.93. The van der Waals surface area contributed by atoms with Crippen LogP contribution in [0.3, 0.4) is 0 Å². The number of rotatable bonds is 8. The maximum atomic E-state index is 12.5. The number of nitrogens with one attached hydrogen (secondary N) is 1. The van der Waals surface area contributed by atoms with Crippen molar-refractivity contribution in [3.8, 4) is 5.75 Å². The summed E-state index contributed by atoms with van der Waals surface area (Å²) in [5.74, 6) is 0.758. The number of nitrogens with zero attached hydrogens (tertiary/aromatic N) is 1.